The number of cyclic esters (lactones) is 1. The van der Waals surface area contributed by atoms with E-state index in [0.29, 0.717) is 12.8 Å². The Morgan fingerprint density at radius 1 is 1.44 bits per heavy atom. The van der Waals surface area contributed by atoms with Crippen LogP contribution in [0.15, 0.2) is 35.4 Å². The van der Waals surface area contributed by atoms with Crippen LogP contribution in [0.1, 0.15) is 18.4 Å². The number of nitrogens with zero attached hydrogens (tertiary/aromatic N) is 3. The molecule has 1 aliphatic heterocycles. The maximum absolute atomic E-state index is 11.2. The molecule has 0 saturated carbocycles. The van der Waals surface area contributed by atoms with Gasteiger partial charge in [-0.2, -0.15) is 0 Å². The number of hydrogen-bond donors (Lipinski definition) is 0. The Morgan fingerprint density at radius 2 is 2.19 bits per heavy atom. The van der Waals surface area contributed by atoms with E-state index in [9.17, 15) is 4.79 Å². The second-order valence-corrected chi connectivity index (χ2v) is 3.72. The molecule has 1 aliphatic rings. The van der Waals surface area contributed by atoms with Crippen molar-refractivity contribution in [2.45, 2.75) is 18.4 Å². The van der Waals surface area contributed by atoms with Crippen molar-refractivity contribution in [1.82, 2.24) is 0 Å². The summed E-state index contributed by atoms with van der Waals surface area (Å²) >= 11 is 0. The van der Waals surface area contributed by atoms with Crippen LogP contribution in [0.3, 0.4) is 0 Å². The topological polar surface area (TPSA) is 75.1 Å². The van der Waals surface area contributed by atoms with E-state index < -0.39 is 5.60 Å². The van der Waals surface area contributed by atoms with Crippen LogP contribution in [0.5, 0.6) is 0 Å². The van der Waals surface area contributed by atoms with Crippen LogP contribution in [-0.2, 0) is 15.1 Å². The van der Waals surface area contributed by atoms with Crippen LogP contribution in [0.2, 0.25) is 0 Å². The molecule has 1 saturated heterocycles. The number of ether oxygens (including phenoxy) is 1. The molecule has 1 aromatic rings. The third-order valence-electron chi connectivity index (χ3n) is 2.73. The van der Waals surface area contributed by atoms with E-state index in [1.54, 1.807) is 0 Å². The minimum Gasteiger partial charge on any atom is -0.454 e. The summed E-state index contributed by atoms with van der Waals surface area (Å²) in [6.07, 6.45) is 0.935. The summed E-state index contributed by atoms with van der Waals surface area (Å²) in [6.45, 7) is 0.152. The molecule has 5 nitrogen and oxygen atoms in total. The SMILES string of the molecule is [N-]=[N+]=NC[C@@]1(c2ccccc2)CCC(=O)O1. The Balaban J connectivity index is 2.35. The molecule has 0 spiro atoms. The minimum absolute atomic E-state index is 0.152. The lowest BCUT2D eigenvalue weighted by molar-refractivity contribution is -0.148. The molecular formula is C11H11N3O2. The quantitative estimate of drug-likeness (QED) is 0.337. The third kappa shape index (κ3) is 1.85. The summed E-state index contributed by atoms with van der Waals surface area (Å²) in [7, 11) is 0. The maximum atomic E-state index is 11.2. The van der Waals surface area contributed by atoms with Gasteiger partial charge in [0.2, 0.25) is 0 Å². The molecule has 0 aromatic heterocycles. The van der Waals surface area contributed by atoms with E-state index in [-0.39, 0.29) is 12.5 Å². The van der Waals surface area contributed by atoms with Crippen LogP contribution < -0.4 is 0 Å². The van der Waals surface area contributed by atoms with Crippen molar-refractivity contribution >= 4 is 5.97 Å². The molecule has 1 aromatic carbocycles. The fourth-order valence-electron chi connectivity index (χ4n) is 1.92. The van der Waals surface area contributed by atoms with Crippen molar-refractivity contribution < 1.29 is 9.53 Å². The number of carbonyl (C=O) groups is 1. The molecule has 82 valence electrons. The number of benzene rings is 1. The number of azide groups is 1. The van der Waals surface area contributed by atoms with E-state index in [0.717, 1.165) is 5.56 Å². The van der Waals surface area contributed by atoms with Gasteiger partial charge < -0.3 is 4.74 Å². The normalized spacial score (nSPS) is 23.6. The second-order valence-electron chi connectivity index (χ2n) is 3.72. The summed E-state index contributed by atoms with van der Waals surface area (Å²) in [5, 5.41) is 3.54. The first-order chi connectivity index (χ1) is 7.77. The molecule has 1 heterocycles. The van der Waals surface area contributed by atoms with Gasteiger partial charge in [0.15, 0.2) is 0 Å². The van der Waals surface area contributed by atoms with Crippen LogP contribution >= 0.6 is 0 Å². The maximum Gasteiger partial charge on any atom is 0.306 e. The summed E-state index contributed by atoms with van der Waals surface area (Å²) in [5.41, 5.74) is 8.49. The summed E-state index contributed by atoms with van der Waals surface area (Å²) in [6, 6.07) is 9.40. The average Bonchev–Trinajstić information content (AvgIpc) is 2.71. The van der Waals surface area contributed by atoms with Gasteiger partial charge in [-0.25, -0.2) is 0 Å². The van der Waals surface area contributed by atoms with Gasteiger partial charge in [-0.1, -0.05) is 35.4 Å². The van der Waals surface area contributed by atoms with Crippen LogP contribution in [0.4, 0.5) is 0 Å². The Morgan fingerprint density at radius 3 is 2.75 bits per heavy atom. The Hall–Kier alpha value is -2.00. The molecule has 1 atom stereocenters. The lowest BCUT2D eigenvalue weighted by Crippen LogP contribution is -2.28. The largest absolute Gasteiger partial charge is 0.454 e. The molecule has 0 aliphatic carbocycles. The van der Waals surface area contributed by atoms with Crippen LogP contribution in [0, 0.1) is 0 Å². The number of carbonyl (C=O) groups excluding carboxylic acids is 1. The van der Waals surface area contributed by atoms with E-state index in [1.165, 1.54) is 0 Å². The lowest BCUT2D eigenvalue weighted by Gasteiger charge is -2.26. The van der Waals surface area contributed by atoms with Crippen molar-refractivity contribution in [3.05, 3.63) is 46.3 Å². The number of hydrogen-bond acceptors (Lipinski definition) is 3. The van der Waals surface area contributed by atoms with Gasteiger partial charge in [0.25, 0.3) is 0 Å². The number of esters is 1. The van der Waals surface area contributed by atoms with Crippen LogP contribution in [0.25, 0.3) is 10.4 Å². The first kappa shape index (κ1) is 10.5. The van der Waals surface area contributed by atoms with Gasteiger partial charge in [-0.05, 0) is 11.1 Å². The zero-order valence-electron chi connectivity index (χ0n) is 8.67. The summed E-state index contributed by atoms with van der Waals surface area (Å²) in [5.74, 6) is -0.239. The Bertz CT molecular complexity index is 440. The average molecular weight is 217 g/mol. The summed E-state index contributed by atoms with van der Waals surface area (Å²) < 4.78 is 5.33. The van der Waals surface area contributed by atoms with Crippen LogP contribution in [-0.4, -0.2) is 12.5 Å². The highest BCUT2D eigenvalue weighted by molar-refractivity contribution is 5.72. The predicted octanol–water partition coefficient (Wildman–Crippen LogP) is 2.53. The molecule has 0 unspecified atom stereocenters. The fraction of sp³-hybridized carbons (Fsp3) is 0.364. The first-order valence-corrected chi connectivity index (χ1v) is 5.05. The molecule has 0 radical (unpaired) electrons. The highest BCUT2D eigenvalue weighted by atomic mass is 16.6. The monoisotopic (exact) mass is 217 g/mol. The minimum atomic E-state index is -0.759. The Labute approximate surface area is 92.7 Å². The molecule has 5 heteroatoms. The molecule has 0 bridgehead atoms. The zero-order valence-corrected chi connectivity index (χ0v) is 8.67. The first-order valence-electron chi connectivity index (χ1n) is 5.05. The van der Waals surface area contributed by atoms with E-state index in [2.05, 4.69) is 10.0 Å². The number of rotatable bonds is 3. The van der Waals surface area contributed by atoms with E-state index in [4.69, 9.17) is 10.3 Å². The molecule has 0 N–H and O–H groups in total. The van der Waals surface area contributed by atoms with Gasteiger partial charge in [-0.15, -0.1) is 0 Å². The smallest absolute Gasteiger partial charge is 0.306 e. The third-order valence-corrected chi connectivity index (χ3v) is 2.73. The Kier molecular flexibility index (Phi) is 2.79. The van der Waals surface area contributed by atoms with Gasteiger partial charge >= 0.3 is 5.97 Å². The standard InChI is InChI=1S/C11H11N3O2/c12-14-13-8-11(7-6-10(15)16-11)9-4-2-1-3-5-9/h1-5H,6-8H2/t11-/m1/s1. The molecular weight excluding hydrogens is 206 g/mol. The van der Waals surface area contributed by atoms with Gasteiger partial charge in [0.05, 0.1) is 6.54 Å². The van der Waals surface area contributed by atoms with Gasteiger partial charge in [0.1, 0.15) is 5.60 Å². The second kappa shape index (κ2) is 4.24. The highest BCUT2D eigenvalue weighted by Crippen LogP contribution is 2.37. The highest BCUT2D eigenvalue weighted by Gasteiger charge is 2.41. The van der Waals surface area contributed by atoms with Gasteiger partial charge in [0, 0.05) is 17.8 Å². The summed E-state index contributed by atoms with van der Waals surface area (Å²) in [4.78, 5) is 14.0. The van der Waals surface area contributed by atoms with Crippen molar-refractivity contribution in [3.63, 3.8) is 0 Å². The fourth-order valence-corrected chi connectivity index (χ4v) is 1.92. The van der Waals surface area contributed by atoms with Crippen molar-refractivity contribution in [2.75, 3.05) is 6.54 Å². The van der Waals surface area contributed by atoms with Gasteiger partial charge in [-0.3, -0.25) is 4.79 Å². The molecule has 1 fully saturated rings. The van der Waals surface area contributed by atoms with Crippen molar-refractivity contribution in [2.24, 2.45) is 5.11 Å². The van der Waals surface area contributed by atoms with E-state index in [1.807, 2.05) is 30.3 Å². The van der Waals surface area contributed by atoms with E-state index >= 15 is 0 Å². The molecule has 2 rings (SSSR count). The predicted molar refractivity (Wildman–Crippen MR) is 57.5 cm³/mol. The molecule has 16 heavy (non-hydrogen) atoms. The molecule has 0 amide bonds. The lowest BCUT2D eigenvalue weighted by atomic mass is 9.91. The van der Waals surface area contributed by atoms with Crippen molar-refractivity contribution in [1.29, 1.82) is 0 Å². The zero-order chi connectivity index (χ0) is 11.4. The van der Waals surface area contributed by atoms with Crippen molar-refractivity contribution in [3.8, 4) is 0 Å².